The summed E-state index contributed by atoms with van der Waals surface area (Å²) in [6.45, 7) is 7.15. The average molecular weight is 396 g/mol. The summed E-state index contributed by atoms with van der Waals surface area (Å²) < 4.78 is 4.75. The Hall–Kier alpha value is -3.15. The molecule has 2 amide bonds. The Morgan fingerprint density at radius 2 is 1.41 bits per heavy atom. The summed E-state index contributed by atoms with van der Waals surface area (Å²) in [6, 6.07) is 12.4. The number of anilines is 2. The second-order valence-corrected chi connectivity index (χ2v) is 7.23. The molecule has 0 aliphatic carbocycles. The van der Waals surface area contributed by atoms with E-state index in [-0.39, 0.29) is 5.56 Å². The van der Waals surface area contributed by atoms with Crippen molar-refractivity contribution in [3.63, 3.8) is 0 Å². The number of carbonyl (C=O) groups is 3. The van der Waals surface area contributed by atoms with Crippen LogP contribution in [-0.4, -0.2) is 24.9 Å². The Bertz CT molecular complexity index is 897. The number of benzene rings is 2. The number of nitrogens with one attached hydrogen (secondary N) is 2. The number of amides is 2. The van der Waals surface area contributed by atoms with Crippen molar-refractivity contribution in [3.8, 4) is 0 Å². The molecule has 154 valence electrons. The van der Waals surface area contributed by atoms with Crippen molar-refractivity contribution >= 4 is 29.2 Å². The first kappa shape index (κ1) is 22.1. The lowest BCUT2D eigenvalue weighted by Crippen LogP contribution is -2.42. The maximum absolute atomic E-state index is 13.0. The summed E-state index contributed by atoms with van der Waals surface area (Å²) in [4.78, 5) is 37.9. The fraction of sp³-hybridized carbons (Fsp3) is 0.348. The summed E-state index contributed by atoms with van der Waals surface area (Å²) >= 11 is 0. The molecule has 29 heavy (non-hydrogen) atoms. The first-order chi connectivity index (χ1) is 13.8. The van der Waals surface area contributed by atoms with Crippen molar-refractivity contribution in [1.29, 1.82) is 0 Å². The highest BCUT2D eigenvalue weighted by Gasteiger charge is 2.37. The first-order valence-electron chi connectivity index (χ1n) is 9.67. The van der Waals surface area contributed by atoms with Crippen LogP contribution in [0.25, 0.3) is 0 Å². The number of aryl methyl sites for hydroxylation is 2. The molecule has 2 aromatic carbocycles. The van der Waals surface area contributed by atoms with Gasteiger partial charge in [-0.15, -0.1) is 0 Å². The molecule has 0 aliphatic heterocycles. The van der Waals surface area contributed by atoms with E-state index in [1.165, 1.54) is 7.11 Å². The van der Waals surface area contributed by atoms with Crippen molar-refractivity contribution in [3.05, 3.63) is 59.2 Å². The van der Waals surface area contributed by atoms with Gasteiger partial charge in [0.2, 0.25) is 11.8 Å². The van der Waals surface area contributed by atoms with Crippen LogP contribution in [0.3, 0.4) is 0 Å². The molecule has 0 unspecified atom stereocenters. The maximum Gasteiger partial charge on any atom is 0.339 e. The molecule has 0 saturated carbocycles. The summed E-state index contributed by atoms with van der Waals surface area (Å²) in [6.07, 6.45) is 1.53. The zero-order valence-corrected chi connectivity index (χ0v) is 17.6. The van der Waals surface area contributed by atoms with Gasteiger partial charge in [0.1, 0.15) is 5.41 Å². The third-order valence-electron chi connectivity index (χ3n) is 4.95. The van der Waals surface area contributed by atoms with Crippen LogP contribution < -0.4 is 10.6 Å². The number of hydrogen-bond donors (Lipinski definition) is 2. The highest BCUT2D eigenvalue weighted by molar-refractivity contribution is 6.15. The van der Waals surface area contributed by atoms with Gasteiger partial charge >= 0.3 is 5.97 Å². The number of rotatable bonds is 7. The number of para-hydroxylation sites is 2. The Balaban J connectivity index is 2.26. The van der Waals surface area contributed by atoms with Crippen LogP contribution in [0.1, 0.15) is 49.2 Å². The molecule has 0 aromatic heterocycles. The van der Waals surface area contributed by atoms with Crippen molar-refractivity contribution in [2.75, 3.05) is 17.7 Å². The van der Waals surface area contributed by atoms with E-state index >= 15 is 0 Å². The molecule has 0 bridgehead atoms. The van der Waals surface area contributed by atoms with E-state index in [1.54, 1.807) is 38.1 Å². The molecule has 0 radical (unpaired) electrons. The molecule has 6 nitrogen and oxygen atoms in total. The lowest BCUT2D eigenvalue weighted by Gasteiger charge is -2.25. The van der Waals surface area contributed by atoms with Crippen LogP contribution in [0.2, 0.25) is 0 Å². The van der Waals surface area contributed by atoms with Gasteiger partial charge in [-0.3, -0.25) is 9.59 Å². The third-order valence-corrected chi connectivity index (χ3v) is 4.95. The van der Waals surface area contributed by atoms with Crippen LogP contribution >= 0.6 is 0 Å². The van der Waals surface area contributed by atoms with Crippen LogP contribution in [0.5, 0.6) is 0 Å². The average Bonchev–Trinajstić information content (AvgIpc) is 2.73. The molecule has 2 aromatic rings. The maximum atomic E-state index is 13.0. The minimum Gasteiger partial charge on any atom is -0.465 e. The van der Waals surface area contributed by atoms with Gasteiger partial charge in [0.25, 0.3) is 0 Å². The topological polar surface area (TPSA) is 84.5 Å². The molecular weight excluding hydrogens is 368 g/mol. The van der Waals surface area contributed by atoms with Crippen molar-refractivity contribution in [2.45, 2.75) is 40.5 Å². The largest absolute Gasteiger partial charge is 0.465 e. The highest BCUT2D eigenvalue weighted by atomic mass is 16.5. The first-order valence-corrected chi connectivity index (χ1v) is 9.67. The molecule has 0 atom stereocenters. The summed E-state index contributed by atoms with van der Waals surface area (Å²) in [5.41, 5.74) is 1.96. The minimum absolute atomic E-state index is 0.226. The van der Waals surface area contributed by atoms with Crippen molar-refractivity contribution < 1.29 is 19.1 Å². The van der Waals surface area contributed by atoms with E-state index in [4.69, 9.17) is 4.74 Å². The molecule has 2 rings (SSSR count). The molecule has 0 aliphatic rings. The minimum atomic E-state index is -1.37. The SMILES string of the molecule is CCc1cccc(CC)c1NC(=O)C(C)(C)C(=O)Nc1ccccc1C(=O)OC. The van der Waals surface area contributed by atoms with Crippen LogP contribution in [0, 0.1) is 5.41 Å². The number of ether oxygens (including phenoxy) is 1. The van der Waals surface area contributed by atoms with Gasteiger partial charge in [0.05, 0.1) is 18.4 Å². The fourth-order valence-corrected chi connectivity index (χ4v) is 2.93. The molecule has 0 heterocycles. The van der Waals surface area contributed by atoms with Gasteiger partial charge in [0, 0.05) is 5.69 Å². The summed E-state index contributed by atoms with van der Waals surface area (Å²) in [7, 11) is 1.27. The van der Waals surface area contributed by atoms with Gasteiger partial charge in [0.15, 0.2) is 0 Å². The Kier molecular flexibility index (Phi) is 7.15. The second-order valence-electron chi connectivity index (χ2n) is 7.23. The molecule has 6 heteroatoms. The van der Waals surface area contributed by atoms with Crippen LogP contribution in [0.15, 0.2) is 42.5 Å². The Labute approximate surface area is 171 Å². The Morgan fingerprint density at radius 1 is 0.862 bits per heavy atom. The molecular formula is C23H28N2O4. The van der Waals surface area contributed by atoms with Crippen LogP contribution in [0.4, 0.5) is 11.4 Å². The smallest absolute Gasteiger partial charge is 0.339 e. The van der Waals surface area contributed by atoms with Gasteiger partial charge in [-0.2, -0.15) is 0 Å². The summed E-state index contributed by atoms with van der Waals surface area (Å²) in [5, 5.41) is 5.63. The van der Waals surface area contributed by atoms with Crippen molar-refractivity contribution in [2.24, 2.45) is 5.41 Å². The normalized spacial score (nSPS) is 10.9. The zero-order valence-electron chi connectivity index (χ0n) is 17.6. The molecule has 0 saturated heterocycles. The van der Waals surface area contributed by atoms with E-state index in [0.717, 1.165) is 29.7 Å². The number of methoxy groups -OCH3 is 1. The number of esters is 1. The number of hydrogen-bond acceptors (Lipinski definition) is 4. The van der Waals surface area contributed by atoms with E-state index in [2.05, 4.69) is 10.6 Å². The standard InChI is InChI=1S/C23H28N2O4/c1-6-15-11-10-12-16(7-2)19(15)25-22(28)23(3,4)21(27)24-18-14-9-8-13-17(18)20(26)29-5/h8-14H,6-7H2,1-5H3,(H,24,27)(H,25,28). The van der Waals surface area contributed by atoms with E-state index < -0.39 is 23.2 Å². The van der Waals surface area contributed by atoms with Gasteiger partial charge in [-0.1, -0.05) is 44.2 Å². The zero-order chi connectivity index (χ0) is 21.6. The molecule has 0 spiro atoms. The second kappa shape index (κ2) is 9.37. The van der Waals surface area contributed by atoms with Gasteiger partial charge in [-0.25, -0.2) is 4.79 Å². The van der Waals surface area contributed by atoms with E-state index in [1.807, 2.05) is 32.0 Å². The lowest BCUT2D eigenvalue weighted by atomic mass is 9.90. The number of carbonyl (C=O) groups excluding carboxylic acids is 3. The quantitative estimate of drug-likeness (QED) is 0.543. The lowest BCUT2D eigenvalue weighted by molar-refractivity contribution is -0.135. The fourth-order valence-electron chi connectivity index (χ4n) is 2.93. The van der Waals surface area contributed by atoms with E-state index in [0.29, 0.717) is 5.69 Å². The Morgan fingerprint density at radius 3 is 1.97 bits per heavy atom. The molecule has 2 N–H and O–H groups in total. The molecule has 0 fully saturated rings. The predicted octanol–water partition coefficient (Wildman–Crippen LogP) is 4.20. The van der Waals surface area contributed by atoms with Gasteiger partial charge < -0.3 is 15.4 Å². The van der Waals surface area contributed by atoms with E-state index in [9.17, 15) is 14.4 Å². The van der Waals surface area contributed by atoms with Gasteiger partial charge in [-0.05, 0) is 49.9 Å². The van der Waals surface area contributed by atoms with Crippen molar-refractivity contribution in [1.82, 2.24) is 0 Å². The monoisotopic (exact) mass is 396 g/mol. The summed E-state index contributed by atoms with van der Waals surface area (Å²) in [5.74, 6) is -1.49. The van der Waals surface area contributed by atoms with Crippen LogP contribution in [-0.2, 0) is 27.2 Å². The third kappa shape index (κ3) is 4.83. The highest BCUT2D eigenvalue weighted by Crippen LogP contribution is 2.27. The predicted molar refractivity (Wildman–Crippen MR) is 114 cm³/mol.